The summed E-state index contributed by atoms with van der Waals surface area (Å²) in [4.78, 5) is 11.9. The fourth-order valence-electron chi connectivity index (χ4n) is 2.62. The van der Waals surface area contributed by atoms with Gasteiger partial charge < -0.3 is 14.2 Å². The van der Waals surface area contributed by atoms with E-state index < -0.39 is 5.97 Å². The van der Waals surface area contributed by atoms with Gasteiger partial charge in [0, 0.05) is 17.0 Å². The quantitative estimate of drug-likeness (QED) is 0.762. The SMILES string of the molecule is CC1(C)Cc2cccc(OCC(=O)OCc3ccc(Cl)cc3)c2O1. The number of fused-ring (bicyclic) bond motifs is 1. The van der Waals surface area contributed by atoms with Gasteiger partial charge in [-0.05, 0) is 37.6 Å². The normalized spacial score (nSPS) is 14.6. The Bertz CT molecular complexity index is 738. The van der Waals surface area contributed by atoms with E-state index >= 15 is 0 Å². The number of ether oxygens (including phenoxy) is 3. The minimum atomic E-state index is -0.431. The monoisotopic (exact) mass is 346 g/mol. The van der Waals surface area contributed by atoms with E-state index in [1.54, 1.807) is 18.2 Å². The number of rotatable bonds is 5. The largest absolute Gasteiger partial charge is 0.483 e. The van der Waals surface area contributed by atoms with Crippen LogP contribution in [0.5, 0.6) is 11.5 Å². The molecule has 1 heterocycles. The third-order valence-corrected chi connectivity index (χ3v) is 3.97. The molecule has 0 N–H and O–H groups in total. The van der Waals surface area contributed by atoms with Crippen LogP contribution in [-0.2, 0) is 22.6 Å². The van der Waals surface area contributed by atoms with E-state index in [0.717, 1.165) is 17.5 Å². The van der Waals surface area contributed by atoms with E-state index in [0.29, 0.717) is 16.5 Å². The smallest absolute Gasteiger partial charge is 0.344 e. The maximum absolute atomic E-state index is 11.9. The van der Waals surface area contributed by atoms with Gasteiger partial charge in [-0.3, -0.25) is 0 Å². The van der Waals surface area contributed by atoms with Crippen LogP contribution in [0.1, 0.15) is 25.0 Å². The first-order chi connectivity index (χ1) is 11.4. The molecule has 0 bridgehead atoms. The van der Waals surface area contributed by atoms with Gasteiger partial charge in [0.15, 0.2) is 18.1 Å². The van der Waals surface area contributed by atoms with Crippen molar-refractivity contribution >= 4 is 17.6 Å². The van der Waals surface area contributed by atoms with Crippen molar-refractivity contribution in [1.29, 1.82) is 0 Å². The second-order valence-electron chi connectivity index (χ2n) is 6.36. The first-order valence-electron chi connectivity index (χ1n) is 7.77. The molecule has 24 heavy (non-hydrogen) atoms. The predicted molar refractivity (Wildman–Crippen MR) is 91.6 cm³/mol. The van der Waals surface area contributed by atoms with Gasteiger partial charge in [0.1, 0.15) is 12.2 Å². The van der Waals surface area contributed by atoms with Crippen molar-refractivity contribution in [3.05, 3.63) is 58.6 Å². The standard InChI is InChI=1S/C19H19ClO4/c1-19(2)10-14-4-3-5-16(18(14)24-19)22-12-17(21)23-11-13-6-8-15(20)9-7-13/h3-9H,10-12H2,1-2H3. The van der Waals surface area contributed by atoms with E-state index in [1.165, 1.54) is 0 Å². The van der Waals surface area contributed by atoms with Gasteiger partial charge in [0.2, 0.25) is 0 Å². The molecule has 0 radical (unpaired) electrons. The van der Waals surface area contributed by atoms with Crippen molar-refractivity contribution in [3.8, 4) is 11.5 Å². The number of hydrogen-bond donors (Lipinski definition) is 0. The number of para-hydroxylation sites is 1. The highest BCUT2D eigenvalue weighted by molar-refractivity contribution is 6.30. The number of halogens is 1. The average molecular weight is 347 g/mol. The molecule has 2 aromatic rings. The molecule has 0 atom stereocenters. The molecule has 1 aliphatic heterocycles. The zero-order valence-corrected chi connectivity index (χ0v) is 14.4. The molecule has 0 saturated carbocycles. The molecule has 0 aliphatic carbocycles. The molecule has 3 rings (SSSR count). The van der Waals surface area contributed by atoms with Crippen LogP contribution >= 0.6 is 11.6 Å². The Kier molecular flexibility index (Phi) is 4.67. The van der Waals surface area contributed by atoms with Crippen LogP contribution in [0.4, 0.5) is 0 Å². The van der Waals surface area contributed by atoms with Crippen molar-refractivity contribution in [3.63, 3.8) is 0 Å². The van der Waals surface area contributed by atoms with Crippen molar-refractivity contribution in [2.75, 3.05) is 6.61 Å². The highest BCUT2D eigenvalue weighted by Crippen LogP contribution is 2.41. The van der Waals surface area contributed by atoms with E-state index in [-0.39, 0.29) is 18.8 Å². The van der Waals surface area contributed by atoms with Crippen LogP contribution in [0, 0.1) is 0 Å². The summed E-state index contributed by atoms with van der Waals surface area (Å²) >= 11 is 5.82. The molecule has 0 amide bonds. The Morgan fingerprint density at radius 2 is 1.96 bits per heavy atom. The molecular formula is C19H19ClO4. The summed E-state index contributed by atoms with van der Waals surface area (Å²) in [7, 11) is 0. The lowest BCUT2D eigenvalue weighted by molar-refractivity contribution is -0.147. The van der Waals surface area contributed by atoms with Gasteiger partial charge in [0.25, 0.3) is 0 Å². The lowest BCUT2D eigenvalue weighted by Gasteiger charge is -2.18. The van der Waals surface area contributed by atoms with Crippen LogP contribution in [-0.4, -0.2) is 18.2 Å². The number of hydrogen-bond acceptors (Lipinski definition) is 4. The van der Waals surface area contributed by atoms with Gasteiger partial charge >= 0.3 is 5.97 Å². The first kappa shape index (κ1) is 16.7. The first-order valence-corrected chi connectivity index (χ1v) is 8.14. The lowest BCUT2D eigenvalue weighted by Crippen LogP contribution is -2.24. The summed E-state index contributed by atoms with van der Waals surface area (Å²) in [5, 5.41) is 0.647. The third kappa shape index (κ3) is 4.01. The van der Waals surface area contributed by atoms with E-state index in [2.05, 4.69) is 0 Å². The Morgan fingerprint density at radius 1 is 1.21 bits per heavy atom. The van der Waals surface area contributed by atoms with Gasteiger partial charge in [-0.1, -0.05) is 35.9 Å². The van der Waals surface area contributed by atoms with Crippen molar-refractivity contribution in [2.45, 2.75) is 32.5 Å². The summed E-state index contributed by atoms with van der Waals surface area (Å²) < 4.78 is 16.7. The summed E-state index contributed by atoms with van der Waals surface area (Å²) in [5.74, 6) is 0.856. The molecule has 1 aliphatic rings. The van der Waals surface area contributed by atoms with Gasteiger partial charge in [-0.15, -0.1) is 0 Å². The maximum Gasteiger partial charge on any atom is 0.344 e. The highest BCUT2D eigenvalue weighted by atomic mass is 35.5. The van der Waals surface area contributed by atoms with Crippen molar-refractivity contribution in [1.82, 2.24) is 0 Å². The topological polar surface area (TPSA) is 44.8 Å². The van der Waals surface area contributed by atoms with Crippen LogP contribution in [0.3, 0.4) is 0 Å². The highest BCUT2D eigenvalue weighted by Gasteiger charge is 2.32. The minimum absolute atomic E-state index is 0.159. The zero-order chi connectivity index (χ0) is 17.2. The van der Waals surface area contributed by atoms with E-state index in [9.17, 15) is 4.79 Å². The number of carbonyl (C=O) groups is 1. The Balaban J connectivity index is 1.54. The van der Waals surface area contributed by atoms with Gasteiger partial charge in [0.05, 0.1) is 0 Å². The number of esters is 1. The fraction of sp³-hybridized carbons (Fsp3) is 0.316. The molecule has 0 fully saturated rings. The van der Waals surface area contributed by atoms with Crippen LogP contribution in [0.15, 0.2) is 42.5 Å². The van der Waals surface area contributed by atoms with Crippen molar-refractivity contribution < 1.29 is 19.0 Å². The summed E-state index contributed by atoms with van der Waals surface area (Å²) in [6, 6.07) is 12.9. The Morgan fingerprint density at radius 3 is 2.71 bits per heavy atom. The molecule has 0 saturated heterocycles. The van der Waals surface area contributed by atoms with Gasteiger partial charge in [-0.25, -0.2) is 4.79 Å². The molecule has 0 spiro atoms. The minimum Gasteiger partial charge on any atom is -0.483 e. The van der Waals surface area contributed by atoms with Gasteiger partial charge in [-0.2, -0.15) is 0 Å². The molecule has 0 aromatic heterocycles. The van der Waals surface area contributed by atoms with Crippen LogP contribution in [0.25, 0.3) is 0 Å². The predicted octanol–water partition coefficient (Wildman–Crippen LogP) is 4.18. The Hall–Kier alpha value is -2.20. The maximum atomic E-state index is 11.9. The van der Waals surface area contributed by atoms with Crippen molar-refractivity contribution in [2.24, 2.45) is 0 Å². The number of carbonyl (C=O) groups excluding carboxylic acids is 1. The van der Waals surface area contributed by atoms with Crippen LogP contribution < -0.4 is 9.47 Å². The summed E-state index contributed by atoms with van der Waals surface area (Å²) in [5.41, 5.74) is 1.71. The molecule has 2 aromatic carbocycles. The lowest BCUT2D eigenvalue weighted by atomic mass is 10.0. The van der Waals surface area contributed by atoms with Crippen LogP contribution in [0.2, 0.25) is 5.02 Å². The molecular weight excluding hydrogens is 328 g/mol. The second kappa shape index (κ2) is 6.73. The molecule has 0 unspecified atom stereocenters. The summed E-state index contributed by atoms with van der Waals surface area (Å²) in [6.45, 7) is 4.08. The summed E-state index contributed by atoms with van der Waals surface area (Å²) in [6.07, 6.45) is 0.820. The Labute approximate surface area is 146 Å². The van der Waals surface area contributed by atoms with E-state index in [4.69, 9.17) is 25.8 Å². The second-order valence-corrected chi connectivity index (χ2v) is 6.80. The molecule has 126 valence electrons. The zero-order valence-electron chi connectivity index (χ0n) is 13.7. The third-order valence-electron chi connectivity index (χ3n) is 3.71. The average Bonchev–Trinajstić information content (AvgIpc) is 2.86. The molecule has 4 nitrogen and oxygen atoms in total. The molecule has 5 heteroatoms. The van der Waals surface area contributed by atoms with E-state index in [1.807, 2.05) is 38.1 Å². The number of benzene rings is 2. The fourth-order valence-corrected chi connectivity index (χ4v) is 2.75.